The smallest absolute Gasteiger partial charge is 0.122 e. The van der Waals surface area contributed by atoms with Gasteiger partial charge in [-0.25, -0.2) is 0 Å². The van der Waals surface area contributed by atoms with E-state index in [1.54, 1.807) is 0 Å². The molecule has 2 atom stereocenters. The van der Waals surface area contributed by atoms with E-state index in [0.29, 0.717) is 6.61 Å². The summed E-state index contributed by atoms with van der Waals surface area (Å²) in [5.74, 6) is 0.928. The van der Waals surface area contributed by atoms with Gasteiger partial charge in [0.05, 0.1) is 11.7 Å². The average molecular weight is 263 g/mol. The van der Waals surface area contributed by atoms with Crippen LogP contribution < -0.4 is 10.5 Å². The zero-order chi connectivity index (χ0) is 14.0. The average Bonchev–Trinajstić information content (AvgIpc) is 2.67. The van der Waals surface area contributed by atoms with Crippen molar-refractivity contribution in [3.8, 4) is 5.75 Å². The van der Waals surface area contributed by atoms with Crippen molar-refractivity contribution in [3.05, 3.63) is 29.3 Å². The van der Waals surface area contributed by atoms with E-state index in [0.717, 1.165) is 29.7 Å². The second kappa shape index (κ2) is 5.51. The molecular weight excluding hydrogens is 238 g/mol. The van der Waals surface area contributed by atoms with Gasteiger partial charge in [0.25, 0.3) is 0 Å². The van der Waals surface area contributed by atoms with Gasteiger partial charge >= 0.3 is 0 Å². The molecule has 106 valence electrons. The van der Waals surface area contributed by atoms with Crippen LogP contribution in [0.1, 0.15) is 50.8 Å². The number of hydrogen-bond acceptors (Lipinski definition) is 3. The predicted octanol–water partition coefficient (Wildman–Crippen LogP) is 3.35. The Bertz CT molecular complexity index is 440. The fourth-order valence-electron chi connectivity index (χ4n) is 2.50. The number of aryl methyl sites for hydroxylation is 1. The topological polar surface area (TPSA) is 44.5 Å². The number of ether oxygens (including phenoxy) is 2. The molecule has 2 N–H and O–H groups in total. The van der Waals surface area contributed by atoms with E-state index in [1.165, 1.54) is 0 Å². The highest BCUT2D eigenvalue weighted by Crippen LogP contribution is 2.30. The van der Waals surface area contributed by atoms with Crippen molar-refractivity contribution in [2.75, 3.05) is 6.61 Å². The van der Waals surface area contributed by atoms with Gasteiger partial charge in [0.1, 0.15) is 12.4 Å². The van der Waals surface area contributed by atoms with Crippen LogP contribution in [-0.4, -0.2) is 18.3 Å². The first-order valence-electron chi connectivity index (χ1n) is 7.04. The molecule has 1 aromatic rings. The molecule has 0 saturated carbocycles. The summed E-state index contributed by atoms with van der Waals surface area (Å²) in [6, 6.07) is 6.20. The monoisotopic (exact) mass is 263 g/mol. The largest absolute Gasteiger partial charge is 0.491 e. The minimum atomic E-state index is 0.00190. The summed E-state index contributed by atoms with van der Waals surface area (Å²) in [7, 11) is 0. The third-order valence-corrected chi connectivity index (χ3v) is 3.70. The van der Waals surface area contributed by atoms with Gasteiger partial charge in [0, 0.05) is 6.04 Å². The third kappa shape index (κ3) is 3.71. The van der Waals surface area contributed by atoms with E-state index >= 15 is 0 Å². The molecule has 0 aliphatic carbocycles. The minimum absolute atomic E-state index is 0.00190. The first-order valence-corrected chi connectivity index (χ1v) is 7.04. The SMILES string of the molecule is Cc1cc([C@@H](C)N)ccc1OCC1CCC(C)(C)O1. The lowest BCUT2D eigenvalue weighted by molar-refractivity contribution is -0.0327. The Hall–Kier alpha value is -1.06. The van der Waals surface area contributed by atoms with Gasteiger partial charge in [-0.3, -0.25) is 0 Å². The van der Waals surface area contributed by atoms with Gasteiger partial charge in [-0.15, -0.1) is 0 Å². The van der Waals surface area contributed by atoms with Crippen LogP contribution in [0.4, 0.5) is 0 Å². The maximum Gasteiger partial charge on any atom is 0.122 e. The first-order chi connectivity index (χ1) is 8.87. The van der Waals surface area contributed by atoms with Gasteiger partial charge in [-0.2, -0.15) is 0 Å². The Morgan fingerprint density at radius 2 is 2.21 bits per heavy atom. The van der Waals surface area contributed by atoms with Crippen molar-refractivity contribution in [3.63, 3.8) is 0 Å². The molecule has 0 bridgehead atoms. The Morgan fingerprint density at radius 3 is 2.74 bits per heavy atom. The molecule has 0 radical (unpaired) electrons. The van der Waals surface area contributed by atoms with E-state index in [1.807, 2.05) is 19.1 Å². The van der Waals surface area contributed by atoms with Gasteiger partial charge in [-0.1, -0.05) is 12.1 Å². The number of hydrogen-bond donors (Lipinski definition) is 1. The standard InChI is InChI=1S/C16H25NO2/c1-11-9-13(12(2)17)5-6-15(11)18-10-14-7-8-16(3,4)19-14/h5-6,9,12,14H,7-8,10,17H2,1-4H3/t12-,14?/m1/s1. The lowest BCUT2D eigenvalue weighted by Crippen LogP contribution is -2.24. The summed E-state index contributed by atoms with van der Waals surface area (Å²) in [5, 5.41) is 0. The number of nitrogens with two attached hydrogens (primary N) is 1. The quantitative estimate of drug-likeness (QED) is 0.906. The van der Waals surface area contributed by atoms with Gasteiger partial charge in [0.2, 0.25) is 0 Å². The van der Waals surface area contributed by atoms with Crippen LogP contribution in [0.2, 0.25) is 0 Å². The van der Waals surface area contributed by atoms with Crippen LogP contribution in [0, 0.1) is 6.92 Å². The Labute approximate surface area is 116 Å². The highest BCUT2D eigenvalue weighted by atomic mass is 16.6. The number of rotatable bonds is 4. The minimum Gasteiger partial charge on any atom is -0.491 e. The Balaban J connectivity index is 1.93. The molecule has 0 spiro atoms. The normalized spacial score (nSPS) is 23.3. The summed E-state index contributed by atoms with van der Waals surface area (Å²) in [5.41, 5.74) is 8.15. The van der Waals surface area contributed by atoms with E-state index < -0.39 is 0 Å². The van der Waals surface area contributed by atoms with Gasteiger partial charge in [0.15, 0.2) is 0 Å². The Morgan fingerprint density at radius 1 is 1.47 bits per heavy atom. The molecular formula is C16H25NO2. The molecule has 3 heteroatoms. The van der Waals surface area contributed by atoms with Crippen LogP contribution in [0.15, 0.2) is 18.2 Å². The molecule has 0 aromatic heterocycles. The molecule has 1 unspecified atom stereocenters. The van der Waals surface area contributed by atoms with E-state index in [2.05, 4.69) is 26.8 Å². The lowest BCUT2D eigenvalue weighted by atomic mass is 10.1. The van der Waals surface area contributed by atoms with Crippen molar-refractivity contribution in [2.24, 2.45) is 5.73 Å². The first kappa shape index (κ1) is 14.4. The maximum absolute atomic E-state index is 5.93. The van der Waals surface area contributed by atoms with Crippen molar-refractivity contribution < 1.29 is 9.47 Å². The summed E-state index contributed by atoms with van der Waals surface area (Å²) in [6.45, 7) is 8.94. The molecule has 1 heterocycles. The summed E-state index contributed by atoms with van der Waals surface area (Å²) < 4.78 is 11.8. The molecule has 1 aromatic carbocycles. The number of benzene rings is 1. The molecule has 0 amide bonds. The highest BCUT2D eigenvalue weighted by molar-refractivity contribution is 5.37. The molecule has 1 saturated heterocycles. The fourth-order valence-corrected chi connectivity index (χ4v) is 2.50. The molecule has 19 heavy (non-hydrogen) atoms. The van der Waals surface area contributed by atoms with Crippen molar-refractivity contribution in [2.45, 2.75) is 58.3 Å². The van der Waals surface area contributed by atoms with Crippen LogP contribution in [0.3, 0.4) is 0 Å². The summed E-state index contributed by atoms with van der Waals surface area (Å²) >= 11 is 0. The zero-order valence-electron chi connectivity index (χ0n) is 12.4. The maximum atomic E-state index is 5.93. The third-order valence-electron chi connectivity index (χ3n) is 3.70. The van der Waals surface area contributed by atoms with Crippen LogP contribution in [0.25, 0.3) is 0 Å². The predicted molar refractivity (Wildman–Crippen MR) is 77.5 cm³/mol. The fraction of sp³-hybridized carbons (Fsp3) is 0.625. The second-order valence-electron chi connectivity index (χ2n) is 6.16. The second-order valence-corrected chi connectivity index (χ2v) is 6.16. The van der Waals surface area contributed by atoms with Crippen LogP contribution in [-0.2, 0) is 4.74 Å². The Kier molecular flexibility index (Phi) is 4.16. The molecule has 2 rings (SSSR count). The van der Waals surface area contributed by atoms with E-state index in [-0.39, 0.29) is 17.7 Å². The molecule has 3 nitrogen and oxygen atoms in total. The molecule has 1 aliphatic rings. The summed E-state index contributed by atoms with van der Waals surface area (Å²) in [4.78, 5) is 0. The van der Waals surface area contributed by atoms with Crippen LogP contribution in [0.5, 0.6) is 5.75 Å². The lowest BCUT2D eigenvalue weighted by Gasteiger charge is -2.20. The van der Waals surface area contributed by atoms with Gasteiger partial charge in [-0.05, 0) is 57.7 Å². The summed E-state index contributed by atoms with van der Waals surface area (Å²) in [6.07, 6.45) is 2.38. The van der Waals surface area contributed by atoms with Gasteiger partial charge < -0.3 is 15.2 Å². The van der Waals surface area contributed by atoms with E-state index in [4.69, 9.17) is 15.2 Å². The van der Waals surface area contributed by atoms with Crippen molar-refractivity contribution in [1.29, 1.82) is 0 Å². The van der Waals surface area contributed by atoms with E-state index in [9.17, 15) is 0 Å². The van der Waals surface area contributed by atoms with Crippen LogP contribution >= 0.6 is 0 Å². The highest BCUT2D eigenvalue weighted by Gasteiger charge is 2.31. The van der Waals surface area contributed by atoms with Crippen molar-refractivity contribution in [1.82, 2.24) is 0 Å². The molecule has 1 aliphatic heterocycles. The molecule has 1 fully saturated rings. The van der Waals surface area contributed by atoms with Crippen molar-refractivity contribution >= 4 is 0 Å². The zero-order valence-corrected chi connectivity index (χ0v) is 12.4.